The molecule has 3 N–H and O–H groups in total. The van der Waals surface area contributed by atoms with Crippen LogP contribution in [0.4, 0.5) is 0 Å². The van der Waals surface area contributed by atoms with E-state index in [1.165, 1.54) is 38.5 Å². The second-order valence-electron chi connectivity index (χ2n) is 4.33. The number of rotatable bonds is 5. The second kappa shape index (κ2) is 7.21. The van der Waals surface area contributed by atoms with E-state index in [2.05, 4.69) is 5.32 Å². The zero-order valence-electron chi connectivity index (χ0n) is 8.91. The third kappa shape index (κ3) is 4.40. The Balaban J connectivity index is 2.14. The molecular weight excluding hydrogens is 178 g/mol. The van der Waals surface area contributed by atoms with E-state index < -0.39 is 0 Å². The molecule has 3 heteroatoms. The molecule has 84 valence electrons. The predicted molar refractivity (Wildman–Crippen MR) is 57.2 cm³/mol. The molecule has 1 saturated carbocycles. The third-order valence-electron chi connectivity index (χ3n) is 3.11. The van der Waals surface area contributed by atoms with Gasteiger partial charge in [0.25, 0.3) is 0 Å². The summed E-state index contributed by atoms with van der Waals surface area (Å²) in [5.74, 6) is 0.748. The fourth-order valence-corrected chi connectivity index (χ4v) is 2.09. The maximum atomic E-state index is 8.89. The highest BCUT2D eigenvalue weighted by Crippen LogP contribution is 2.22. The van der Waals surface area contributed by atoms with Crippen molar-refractivity contribution in [3.63, 3.8) is 0 Å². The van der Waals surface area contributed by atoms with Crippen LogP contribution in [-0.2, 0) is 0 Å². The van der Waals surface area contributed by atoms with Gasteiger partial charge < -0.3 is 15.5 Å². The fourth-order valence-electron chi connectivity index (χ4n) is 2.09. The Morgan fingerprint density at radius 3 is 2.07 bits per heavy atom. The van der Waals surface area contributed by atoms with Crippen LogP contribution in [0.1, 0.15) is 38.5 Å². The molecule has 0 unspecified atom stereocenters. The van der Waals surface area contributed by atoms with Crippen LogP contribution in [0.15, 0.2) is 0 Å². The SMILES string of the molecule is OCC(CO)NCC1CCCCCC1. The molecule has 0 aliphatic heterocycles. The van der Waals surface area contributed by atoms with Gasteiger partial charge in [-0.25, -0.2) is 0 Å². The number of nitrogens with one attached hydrogen (secondary N) is 1. The summed E-state index contributed by atoms with van der Waals surface area (Å²) in [7, 11) is 0. The lowest BCUT2D eigenvalue weighted by molar-refractivity contribution is 0.166. The number of aliphatic hydroxyl groups excluding tert-OH is 2. The van der Waals surface area contributed by atoms with Crippen molar-refractivity contribution in [3.8, 4) is 0 Å². The first kappa shape index (κ1) is 12.0. The highest BCUT2D eigenvalue weighted by Gasteiger charge is 2.13. The van der Waals surface area contributed by atoms with Crippen molar-refractivity contribution >= 4 is 0 Å². The first-order valence-corrected chi connectivity index (χ1v) is 5.82. The Kier molecular flexibility index (Phi) is 6.15. The summed E-state index contributed by atoms with van der Waals surface area (Å²) >= 11 is 0. The zero-order chi connectivity index (χ0) is 10.2. The molecule has 1 aliphatic carbocycles. The lowest BCUT2D eigenvalue weighted by Gasteiger charge is -2.19. The highest BCUT2D eigenvalue weighted by molar-refractivity contribution is 4.70. The lowest BCUT2D eigenvalue weighted by atomic mass is 10.0. The number of aliphatic hydroxyl groups is 2. The molecule has 0 saturated heterocycles. The second-order valence-corrected chi connectivity index (χ2v) is 4.33. The molecule has 0 spiro atoms. The predicted octanol–water partition coefficient (Wildman–Crippen LogP) is 0.900. The summed E-state index contributed by atoms with van der Waals surface area (Å²) in [6.07, 6.45) is 8.04. The molecular formula is C11H23NO2. The number of hydrogen-bond acceptors (Lipinski definition) is 3. The summed E-state index contributed by atoms with van der Waals surface area (Å²) in [4.78, 5) is 0. The Morgan fingerprint density at radius 1 is 1.00 bits per heavy atom. The van der Waals surface area contributed by atoms with Crippen LogP contribution in [0.2, 0.25) is 0 Å². The van der Waals surface area contributed by atoms with Gasteiger partial charge in [-0.05, 0) is 25.3 Å². The Hall–Kier alpha value is -0.120. The quantitative estimate of drug-likeness (QED) is 0.579. The summed E-state index contributed by atoms with van der Waals surface area (Å²) in [6, 6.07) is -0.127. The van der Waals surface area contributed by atoms with Gasteiger partial charge in [0.2, 0.25) is 0 Å². The number of hydrogen-bond donors (Lipinski definition) is 3. The van der Waals surface area contributed by atoms with Gasteiger partial charge in [0.1, 0.15) is 0 Å². The molecule has 0 aromatic heterocycles. The standard InChI is InChI=1S/C11H23NO2/c13-8-11(9-14)12-7-10-5-3-1-2-4-6-10/h10-14H,1-9H2. The maximum Gasteiger partial charge on any atom is 0.0607 e. The molecule has 0 atom stereocenters. The Bertz CT molecular complexity index is 129. The first-order chi connectivity index (χ1) is 6.86. The van der Waals surface area contributed by atoms with Gasteiger partial charge in [0.15, 0.2) is 0 Å². The van der Waals surface area contributed by atoms with E-state index in [1.807, 2.05) is 0 Å². The molecule has 0 aromatic carbocycles. The van der Waals surface area contributed by atoms with Gasteiger partial charge in [-0.2, -0.15) is 0 Å². The molecule has 0 heterocycles. The molecule has 1 aliphatic rings. The molecule has 3 nitrogen and oxygen atoms in total. The third-order valence-corrected chi connectivity index (χ3v) is 3.11. The molecule has 1 fully saturated rings. The van der Waals surface area contributed by atoms with Gasteiger partial charge in [-0.3, -0.25) is 0 Å². The average molecular weight is 201 g/mol. The summed E-state index contributed by atoms with van der Waals surface area (Å²) < 4.78 is 0. The topological polar surface area (TPSA) is 52.5 Å². The van der Waals surface area contributed by atoms with Crippen LogP contribution in [-0.4, -0.2) is 36.0 Å². The van der Waals surface area contributed by atoms with Crippen LogP contribution in [0.5, 0.6) is 0 Å². The molecule has 1 rings (SSSR count). The van der Waals surface area contributed by atoms with Crippen molar-refractivity contribution in [2.75, 3.05) is 19.8 Å². The Morgan fingerprint density at radius 2 is 1.57 bits per heavy atom. The van der Waals surface area contributed by atoms with Gasteiger partial charge >= 0.3 is 0 Å². The summed E-state index contributed by atoms with van der Waals surface area (Å²) in [5.41, 5.74) is 0. The average Bonchev–Trinajstić information content (AvgIpc) is 2.48. The van der Waals surface area contributed by atoms with E-state index in [0.29, 0.717) is 0 Å². The van der Waals surface area contributed by atoms with E-state index >= 15 is 0 Å². The minimum Gasteiger partial charge on any atom is -0.395 e. The van der Waals surface area contributed by atoms with Crippen molar-refractivity contribution in [2.45, 2.75) is 44.6 Å². The molecule has 14 heavy (non-hydrogen) atoms. The van der Waals surface area contributed by atoms with Crippen LogP contribution in [0.25, 0.3) is 0 Å². The zero-order valence-corrected chi connectivity index (χ0v) is 8.91. The fraction of sp³-hybridized carbons (Fsp3) is 1.00. The smallest absolute Gasteiger partial charge is 0.0607 e. The van der Waals surface area contributed by atoms with E-state index in [-0.39, 0.29) is 19.3 Å². The van der Waals surface area contributed by atoms with Crippen molar-refractivity contribution in [1.29, 1.82) is 0 Å². The highest BCUT2D eigenvalue weighted by atomic mass is 16.3. The minimum atomic E-state index is -0.127. The van der Waals surface area contributed by atoms with Crippen LogP contribution in [0, 0.1) is 5.92 Å². The van der Waals surface area contributed by atoms with E-state index in [1.54, 1.807) is 0 Å². The first-order valence-electron chi connectivity index (χ1n) is 5.82. The van der Waals surface area contributed by atoms with Crippen LogP contribution in [0.3, 0.4) is 0 Å². The van der Waals surface area contributed by atoms with Gasteiger partial charge in [0.05, 0.1) is 19.3 Å². The lowest BCUT2D eigenvalue weighted by Crippen LogP contribution is -2.38. The van der Waals surface area contributed by atoms with Crippen LogP contribution >= 0.6 is 0 Å². The van der Waals surface area contributed by atoms with E-state index in [4.69, 9.17) is 10.2 Å². The van der Waals surface area contributed by atoms with Crippen molar-refractivity contribution in [1.82, 2.24) is 5.32 Å². The van der Waals surface area contributed by atoms with E-state index in [0.717, 1.165) is 12.5 Å². The summed E-state index contributed by atoms with van der Waals surface area (Å²) in [5, 5.41) is 21.0. The monoisotopic (exact) mass is 201 g/mol. The molecule has 0 bridgehead atoms. The normalized spacial score (nSPS) is 19.9. The van der Waals surface area contributed by atoms with E-state index in [9.17, 15) is 0 Å². The summed E-state index contributed by atoms with van der Waals surface area (Å²) in [6.45, 7) is 1.01. The van der Waals surface area contributed by atoms with Gasteiger partial charge in [-0.1, -0.05) is 25.7 Å². The molecule has 0 amide bonds. The van der Waals surface area contributed by atoms with Gasteiger partial charge in [0, 0.05) is 0 Å². The van der Waals surface area contributed by atoms with Gasteiger partial charge in [-0.15, -0.1) is 0 Å². The molecule has 0 radical (unpaired) electrons. The largest absolute Gasteiger partial charge is 0.395 e. The van der Waals surface area contributed by atoms with Crippen molar-refractivity contribution in [2.24, 2.45) is 5.92 Å². The van der Waals surface area contributed by atoms with Crippen molar-refractivity contribution in [3.05, 3.63) is 0 Å². The molecule has 0 aromatic rings. The minimum absolute atomic E-state index is 0.0310. The van der Waals surface area contributed by atoms with Crippen LogP contribution < -0.4 is 5.32 Å². The maximum absolute atomic E-state index is 8.89. The Labute approximate surface area is 86.5 Å². The van der Waals surface area contributed by atoms with Crippen molar-refractivity contribution < 1.29 is 10.2 Å².